The van der Waals surface area contributed by atoms with Crippen LogP contribution < -0.4 is 5.56 Å². The number of hydrogen-bond donors (Lipinski definition) is 1. The molecule has 3 rings (SSSR count). The van der Waals surface area contributed by atoms with Crippen molar-refractivity contribution in [2.75, 3.05) is 0 Å². The van der Waals surface area contributed by atoms with E-state index in [2.05, 4.69) is 15.0 Å². The summed E-state index contributed by atoms with van der Waals surface area (Å²) < 4.78 is 0. The minimum atomic E-state index is 0.00482. The van der Waals surface area contributed by atoms with Gasteiger partial charge in [0.15, 0.2) is 5.82 Å². The lowest BCUT2D eigenvalue weighted by Gasteiger charge is -2.07. The second-order valence-corrected chi connectivity index (χ2v) is 5.12. The van der Waals surface area contributed by atoms with Crippen molar-refractivity contribution in [2.24, 2.45) is 0 Å². The van der Waals surface area contributed by atoms with E-state index >= 15 is 0 Å². The molecule has 1 aliphatic rings. The van der Waals surface area contributed by atoms with Gasteiger partial charge in [-0.1, -0.05) is 6.42 Å². The normalized spacial score (nSPS) is 14.8. The second-order valence-electron chi connectivity index (χ2n) is 5.12. The third kappa shape index (κ3) is 2.43. The molecule has 98 valence electrons. The zero-order valence-corrected chi connectivity index (χ0v) is 11.1. The summed E-state index contributed by atoms with van der Waals surface area (Å²) in [6.07, 6.45) is 6.87. The van der Waals surface area contributed by atoms with Crippen molar-refractivity contribution < 1.29 is 0 Å². The highest BCUT2D eigenvalue weighted by atomic mass is 16.1. The number of rotatable bonds is 1. The highest BCUT2D eigenvalue weighted by molar-refractivity contribution is 5.50. The van der Waals surface area contributed by atoms with Crippen LogP contribution in [-0.4, -0.2) is 15.0 Å². The van der Waals surface area contributed by atoms with Gasteiger partial charge in [-0.2, -0.15) is 0 Å². The lowest BCUT2D eigenvalue weighted by Crippen LogP contribution is -2.18. The van der Waals surface area contributed by atoms with E-state index < -0.39 is 0 Å². The van der Waals surface area contributed by atoms with Crippen LogP contribution in [-0.2, 0) is 12.8 Å². The molecule has 4 heteroatoms. The van der Waals surface area contributed by atoms with Crippen molar-refractivity contribution in [3.63, 3.8) is 0 Å². The first-order valence-corrected chi connectivity index (χ1v) is 6.79. The molecule has 0 saturated carbocycles. The largest absolute Gasteiger partial charge is 0.305 e. The Morgan fingerprint density at radius 2 is 2.05 bits per heavy atom. The summed E-state index contributed by atoms with van der Waals surface area (Å²) in [6, 6.07) is 3.88. The van der Waals surface area contributed by atoms with Gasteiger partial charge in [0.1, 0.15) is 5.69 Å². The van der Waals surface area contributed by atoms with Crippen LogP contribution in [0.25, 0.3) is 11.5 Å². The maximum atomic E-state index is 12.2. The number of H-pyrrole nitrogens is 1. The molecule has 0 unspecified atom stereocenters. The first kappa shape index (κ1) is 12.1. The van der Waals surface area contributed by atoms with Crippen LogP contribution in [0, 0.1) is 6.92 Å². The molecule has 0 amide bonds. The van der Waals surface area contributed by atoms with Gasteiger partial charge in [0.25, 0.3) is 5.56 Å². The maximum absolute atomic E-state index is 12.2. The number of aryl methyl sites for hydroxylation is 2. The molecule has 0 spiro atoms. The molecular weight excluding hydrogens is 238 g/mol. The van der Waals surface area contributed by atoms with E-state index in [1.807, 2.05) is 19.1 Å². The molecule has 1 aliphatic carbocycles. The lowest BCUT2D eigenvalue weighted by atomic mass is 10.1. The quantitative estimate of drug-likeness (QED) is 0.796. The first-order chi connectivity index (χ1) is 9.24. The summed E-state index contributed by atoms with van der Waals surface area (Å²) in [5.74, 6) is 0.592. The molecular formula is C15H17N3O. The van der Waals surface area contributed by atoms with E-state index in [1.54, 1.807) is 6.20 Å². The highest BCUT2D eigenvalue weighted by Crippen LogP contribution is 2.19. The second kappa shape index (κ2) is 4.96. The van der Waals surface area contributed by atoms with Crippen LogP contribution in [0.3, 0.4) is 0 Å². The monoisotopic (exact) mass is 255 g/mol. The van der Waals surface area contributed by atoms with Gasteiger partial charge in [0.05, 0.1) is 5.69 Å². The Bertz CT molecular complexity index is 661. The number of hydrogen-bond acceptors (Lipinski definition) is 3. The first-order valence-electron chi connectivity index (χ1n) is 6.79. The summed E-state index contributed by atoms with van der Waals surface area (Å²) in [7, 11) is 0. The number of aromatic amines is 1. The number of aromatic nitrogens is 3. The highest BCUT2D eigenvalue weighted by Gasteiger charge is 2.15. The Balaban J connectivity index is 2.11. The van der Waals surface area contributed by atoms with Crippen molar-refractivity contribution in [1.29, 1.82) is 0 Å². The van der Waals surface area contributed by atoms with Crippen molar-refractivity contribution in [1.82, 2.24) is 15.0 Å². The molecule has 0 aromatic carbocycles. The third-order valence-corrected chi connectivity index (χ3v) is 3.60. The summed E-state index contributed by atoms with van der Waals surface area (Å²) >= 11 is 0. The van der Waals surface area contributed by atoms with E-state index in [0.29, 0.717) is 5.82 Å². The Kier molecular flexibility index (Phi) is 3.15. The maximum Gasteiger partial charge on any atom is 0.254 e. The molecule has 2 aromatic rings. The molecule has 0 fully saturated rings. The molecule has 0 radical (unpaired) electrons. The molecule has 1 N–H and O–H groups in total. The third-order valence-electron chi connectivity index (χ3n) is 3.60. The average Bonchev–Trinajstić information content (AvgIpc) is 2.64. The number of pyridine rings is 1. The summed E-state index contributed by atoms with van der Waals surface area (Å²) in [5.41, 5.74) is 3.69. The van der Waals surface area contributed by atoms with E-state index in [9.17, 15) is 4.79 Å². The van der Waals surface area contributed by atoms with Gasteiger partial charge in [0.2, 0.25) is 0 Å². The summed E-state index contributed by atoms with van der Waals surface area (Å²) in [5, 5.41) is 0. The SMILES string of the molecule is Cc1ccnc(-c2nc3c(c(=O)[nH]2)CCCCC3)c1. The van der Waals surface area contributed by atoms with Gasteiger partial charge in [-0.05, 0) is 50.3 Å². The molecule has 0 bridgehead atoms. The smallest absolute Gasteiger partial charge is 0.254 e. The van der Waals surface area contributed by atoms with Gasteiger partial charge in [-0.25, -0.2) is 4.98 Å². The lowest BCUT2D eigenvalue weighted by molar-refractivity contribution is 0.708. The predicted molar refractivity (Wildman–Crippen MR) is 74.1 cm³/mol. The minimum Gasteiger partial charge on any atom is -0.305 e. The minimum absolute atomic E-state index is 0.00482. The van der Waals surface area contributed by atoms with Gasteiger partial charge < -0.3 is 4.98 Å². The fourth-order valence-corrected chi connectivity index (χ4v) is 2.57. The molecule has 0 aliphatic heterocycles. The van der Waals surface area contributed by atoms with Crippen LogP contribution in [0.15, 0.2) is 23.1 Å². The standard InChI is InChI=1S/C15H17N3O/c1-10-7-8-16-13(9-10)14-17-12-6-4-2-3-5-11(12)15(19)18-14/h7-9H,2-6H2,1H3,(H,17,18,19). The molecule has 0 atom stereocenters. The summed E-state index contributed by atoms with van der Waals surface area (Å²) in [6.45, 7) is 2.01. The topological polar surface area (TPSA) is 58.6 Å². The van der Waals surface area contributed by atoms with Gasteiger partial charge in [-0.3, -0.25) is 9.78 Å². The van der Waals surface area contributed by atoms with Crippen molar-refractivity contribution in [3.05, 3.63) is 45.5 Å². The molecule has 4 nitrogen and oxygen atoms in total. The Labute approximate surface area is 111 Å². The van der Waals surface area contributed by atoms with Crippen LogP contribution in [0.1, 0.15) is 36.1 Å². The van der Waals surface area contributed by atoms with Crippen molar-refractivity contribution >= 4 is 0 Å². The zero-order valence-electron chi connectivity index (χ0n) is 11.1. The van der Waals surface area contributed by atoms with E-state index in [0.717, 1.165) is 48.2 Å². The van der Waals surface area contributed by atoms with Gasteiger partial charge in [-0.15, -0.1) is 0 Å². The van der Waals surface area contributed by atoms with Gasteiger partial charge in [0, 0.05) is 11.8 Å². The van der Waals surface area contributed by atoms with E-state index in [-0.39, 0.29) is 5.56 Å². The fraction of sp³-hybridized carbons (Fsp3) is 0.400. The molecule has 19 heavy (non-hydrogen) atoms. The Morgan fingerprint density at radius 1 is 1.21 bits per heavy atom. The van der Waals surface area contributed by atoms with E-state index in [4.69, 9.17) is 0 Å². The summed E-state index contributed by atoms with van der Waals surface area (Å²) in [4.78, 5) is 24.0. The van der Waals surface area contributed by atoms with Crippen LogP contribution in [0.2, 0.25) is 0 Å². The van der Waals surface area contributed by atoms with Gasteiger partial charge >= 0.3 is 0 Å². The Hall–Kier alpha value is -1.97. The van der Waals surface area contributed by atoms with Crippen LogP contribution in [0.4, 0.5) is 0 Å². The van der Waals surface area contributed by atoms with Crippen molar-refractivity contribution in [2.45, 2.75) is 39.0 Å². The number of fused-ring (bicyclic) bond motifs is 1. The fourth-order valence-electron chi connectivity index (χ4n) is 2.57. The number of nitrogens with zero attached hydrogens (tertiary/aromatic N) is 2. The predicted octanol–water partition coefficient (Wildman–Crippen LogP) is 2.41. The van der Waals surface area contributed by atoms with E-state index in [1.165, 1.54) is 6.42 Å². The molecule has 2 heterocycles. The molecule has 0 saturated heterocycles. The van der Waals surface area contributed by atoms with Crippen LogP contribution >= 0.6 is 0 Å². The zero-order chi connectivity index (χ0) is 13.2. The molecule has 2 aromatic heterocycles. The van der Waals surface area contributed by atoms with Crippen molar-refractivity contribution in [3.8, 4) is 11.5 Å². The number of nitrogens with one attached hydrogen (secondary N) is 1. The Morgan fingerprint density at radius 3 is 2.89 bits per heavy atom. The van der Waals surface area contributed by atoms with Crippen LogP contribution in [0.5, 0.6) is 0 Å². The average molecular weight is 255 g/mol.